The van der Waals surface area contributed by atoms with Crippen molar-refractivity contribution in [1.82, 2.24) is 4.90 Å². The van der Waals surface area contributed by atoms with Crippen molar-refractivity contribution in [1.29, 1.82) is 0 Å². The molecule has 1 saturated heterocycles. The van der Waals surface area contributed by atoms with Gasteiger partial charge in [-0.25, -0.2) is 4.79 Å². The number of hydrogen-bond donors (Lipinski definition) is 1. The molecule has 0 spiro atoms. The molecule has 0 aliphatic carbocycles. The van der Waals surface area contributed by atoms with Crippen LogP contribution in [0.5, 0.6) is 11.5 Å². The van der Waals surface area contributed by atoms with Gasteiger partial charge in [0.1, 0.15) is 23.2 Å². The molecule has 0 saturated carbocycles. The molecule has 1 aliphatic rings. The largest absolute Gasteiger partial charge is 0.504 e. The lowest BCUT2D eigenvalue weighted by Gasteiger charge is -2.33. The molecular weight excluding hydrogens is 358 g/mol. The standard InChI is InChI=1S/C22H31NO5/c1-22(2,3)28-21(25)23-12-10-15(11-13-23)6-5-7-17-19(26-4)9-8-16-18(24)14-27-20(16)17/h8-9,14-15,24H,5-7,10-13H2,1-4H3. The summed E-state index contributed by atoms with van der Waals surface area (Å²) < 4.78 is 16.5. The number of methoxy groups -OCH3 is 1. The first-order chi connectivity index (χ1) is 13.3. The molecule has 1 aromatic carbocycles. The molecular formula is C22H31NO5. The van der Waals surface area contributed by atoms with Crippen molar-refractivity contribution < 1.29 is 23.8 Å². The Kier molecular flexibility index (Phi) is 6.06. The minimum atomic E-state index is -0.450. The fourth-order valence-corrected chi connectivity index (χ4v) is 3.85. The van der Waals surface area contributed by atoms with Gasteiger partial charge in [-0.15, -0.1) is 0 Å². The molecule has 1 amide bonds. The number of rotatable bonds is 5. The van der Waals surface area contributed by atoms with E-state index in [0.29, 0.717) is 11.5 Å². The summed E-state index contributed by atoms with van der Waals surface area (Å²) in [4.78, 5) is 14.0. The van der Waals surface area contributed by atoms with Gasteiger partial charge in [0.2, 0.25) is 0 Å². The first-order valence-corrected chi connectivity index (χ1v) is 10.0. The Hall–Kier alpha value is -2.37. The molecule has 0 atom stereocenters. The number of benzene rings is 1. The average Bonchev–Trinajstić information content (AvgIpc) is 3.02. The number of aryl methyl sites for hydroxylation is 1. The lowest BCUT2D eigenvalue weighted by molar-refractivity contribution is 0.0180. The molecule has 1 aromatic heterocycles. The number of hydrogen-bond acceptors (Lipinski definition) is 5. The lowest BCUT2D eigenvalue weighted by atomic mass is 9.90. The summed E-state index contributed by atoms with van der Waals surface area (Å²) in [5.74, 6) is 1.56. The van der Waals surface area contributed by atoms with Crippen molar-refractivity contribution >= 4 is 17.1 Å². The molecule has 28 heavy (non-hydrogen) atoms. The molecule has 2 heterocycles. The topological polar surface area (TPSA) is 72.1 Å². The number of likely N-dealkylation sites (tertiary alicyclic amines) is 1. The third-order valence-corrected chi connectivity index (χ3v) is 5.31. The number of fused-ring (bicyclic) bond motifs is 1. The fourth-order valence-electron chi connectivity index (χ4n) is 3.85. The van der Waals surface area contributed by atoms with Crippen LogP contribution in [0.15, 0.2) is 22.8 Å². The van der Waals surface area contributed by atoms with Gasteiger partial charge in [-0.1, -0.05) is 0 Å². The number of aromatic hydroxyl groups is 1. The van der Waals surface area contributed by atoms with Crippen LogP contribution in [-0.2, 0) is 11.2 Å². The van der Waals surface area contributed by atoms with E-state index in [2.05, 4.69) is 0 Å². The Balaban J connectivity index is 1.52. The highest BCUT2D eigenvalue weighted by Crippen LogP contribution is 2.36. The molecule has 1 N–H and O–H groups in total. The number of nitrogens with zero attached hydrogens (tertiary/aromatic N) is 1. The van der Waals surface area contributed by atoms with E-state index < -0.39 is 5.60 Å². The monoisotopic (exact) mass is 389 g/mol. The molecule has 6 nitrogen and oxygen atoms in total. The van der Waals surface area contributed by atoms with Crippen molar-refractivity contribution in [3.05, 3.63) is 24.0 Å². The lowest BCUT2D eigenvalue weighted by Crippen LogP contribution is -2.41. The third-order valence-electron chi connectivity index (χ3n) is 5.31. The van der Waals surface area contributed by atoms with E-state index in [-0.39, 0.29) is 11.8 Å². The molecule has 1 aliphatic heterocycles. The van der Waals surface area contributed by atoms with Crippen molar-refractivity contribution in [2.75, 3.05) is 20.2 Å². The highest BCUT2D eigenvalue weighted by molar-refractivity contribution is 5.88. The van der Waals surface area contributed by atoms with Crippen molar-refractivity contribution in [2.24, 2.45) is 5.92 Å². The van der Waals surface area contributed by atoms with Gasteiger partial charge in [0, 0.05) is 18.7 Å². The Morgan fingerprint density at radius 1 is 1.29 bits per heavy atom. The molecule has 0 radical (unpaired) electrons. The molecule has 154 valence electrons. The third kappa shape index (κ3) is 4.72. The van der Waals surface area contributed by atoms with Crippen LogP contribution in [0.25, 0.3) is 11.0 Å². The fraction of sp³-hybridized carbons (Fsp3) is 0.591. The second-order valence-corrected chi connectivity index (χ2v) is 8.55. The summed E-state index contributed by atoms with van der Waals surface area (Å²) in [6, 6.07) is 3.70. The maximum atomic E-state index is 12.2. The smallest absolute Gasteiger partial charge is 0.410 e. The predicted octanol–water partition coefficient (Wildman–Crippen LogP) is 5.12. The molecule has 0 bridgehead atoms. The SMILES string of the molecule is COc1ccc2c(O)coc2c1CCCC1CCN(C(=O)OC(C)(C)C)CC1. The number of furan rings is 1. The minimum Gasteiger partial charge on any atom is -0.504 e. The van der Waals surface area contributed by atoms with Gasteiger partial charge < -0.3 is 23.9 Å². The average molecular weight is 389 g/mol. The molecule has 0 unspecified atom stereocenters. The summed E-state index contributed by atoms with van der Waals surface area (Å²) in [5, 5.41) is 10.6. The summed E-state index contributed by atoms with van der Waals surface area (Å²) in [7, 11) is 1.65. The van der Waals surface area contributed by atoms with Gasteiger partial charge in [-0.05, 0) is 70.9 Å². The van der Waals surface area contributed by atoms with Gasteiger partial charge in [0.25, 0.3) is 0 Å². The highest BCUT2D eigenvalue weighted by Gasteiger charge is 2.26. The maximum absolute atomic E-state index is 12.2. The highest BCUT2D eigenvalue weighted by atomic mass is 16.6. The normalized spacial score (nSPS) is 15.8. The number of carbonyl (C=O) groups excluding carboxylic acids is 1. The van der Waals surface area contributed by atoms with Crippen LogP contribution in [0.1, 0.15) is 52.0 Å². The second-order valence-electron chi connectivity index (χ2n) is 8.55. The Morgan fingerprint density at radius 3 is 2.64 bits per heavy atom. The number of ether oxygens (including phenoxy) is 2. The maximum Gasteiger partial charge on any atom is 0.410 e. The van der Waals surface area contributed by atoms with Crippen LogP contribution in [0.4, 0.5) is 4.79 Å². The van der Waals surface area contributed by atoms with E-state index in [1.165, 1.54) is 6.26 Å². The Bertz CT molecular complexity index is 812. The van der Waals surface area contributed by atoms with E-state index in [1.54, 1.807) is 7.11 Å². The molecule has 3 rings (SSSR count). The molecule has 2 aromatic rings. The predicted molar refractivity (Wildman–Crippen MR) is 108 cm³/mol. The second kappa shape index (κ2) is 8.33. The van der Waals surface area contributed by atoms with E-state index >= 15 is 0 Å². The van der Waals surface area contributed by atoms with Gasteiger partial charge >= 0.3 is 6.09 Å². The van der Waals surface area contributed by atoms with Crippen LogP contribution < -0.4 is 4.74 Å². The van der Waals surface area contributed by atoms with E-state index in [9.17, 15) is 9.90 Å². The van der Waals surface area contributed by atoms with Gasteiger partial charge in [0.15, 0.2) is 5.75 Å². The van der Waals surface area contributed by atoms with Gasteiger partial charge in [-0.3, -0.25) is 0 Å². The van der Waals surface area contributed by atoms with Crippen LogP contribution >= 0.6 is 0 Å². The van der Waals surface area contributed by atoms with E-state index in [0.717, 1.165) is 61.9 Å². The summed E-state index contributed by atoms with van der Waals surface area (Å²) in [6.07, 6.45) is 6.10. The van der Waals surface area contributed by atoms with Crippen molar-refractivity contribution in [2.45, 2.75) is 58.5 Å². The zero-order valence-corrected chi connectivity index (χ0v) is 17.3. The zero-order chi connectivity index (χ0) is 20.3. The van der Waals surface area contributed by atoms with Crippen LogP contribution in [0, 0.1) is 5.92 Å². The van der Waals surface area contributed by atoms with Crippen LogP contribution in [0.3, 0.4) is 0 Å². The first-order valence-electron chi connectivity index (χ1n) is 10.0. The summed E-state index contributed by atoms with van der Waals surface area (Å²) in [6.45, 7) is 7.19. The van der Waals surface area contributed by atoms with E-state index in [4.69, 9.17) is 13.9 Å². The first kappa shape index (κ1) is 20.4. The molecule has 6 heteroatoms. The van der Waals surface area contributed by atoms with Crippen LogP contribution in [0.2, 0.25) is 0 Å². The number of piperidine rings is 1. The van der Waals surface area contributed by atoms with Gasteiger partial charge in [-0.2, -0.15) is 0 Å². The zero-order valence-electron chi connectivity index (χ0n) is 17.3. The van der Waals surface area contributed by atoms with E-state index in [1.807, 2.05) is 37.8 Å². The van der Waals surface area contributed by atoms with Gasteiger partial charge in [0.05, 0.1) is 12.5 Å². The minimum absolute atomic E-state index is 0.161. The Labute approximate surface area is 166 Å². The summed E-state index contributed by atoms with van der Waals surface area (Å²) >= 11 is 0. The van der Waals surface area contributed by atoms with Crippen molar-refractivity contribution in [3.8, 4) is 11.5 Å². The Morgan fingerprint density at radius 2 is 2.00 bits per heavy atom. The van der Waals surface area contributed by atoms with Crippen molar-refractivity contribution in [3.63, 3.8) is 0 Å². The quantitative estimate of drug-likeness (QED) is 0.769. The molecule has 1 fully saturated rings. The number of carbonyl (C=O) groups is 1. The van der Waals surface area contributed by atoms with Crippen LogP contribution in [-0.4, -0.2) is 41.9 Å². The summed E-state index contributed by atoms with van der Waals surface area (Å²) in [5.41, 5.74) is 1.26. The number of amides is 1.